The average Bonchev–Trinajstić information content (AvgIpc) is 2.17. The Morgan fingerprint density at radius 3 is 3.11 bits per heavy atom. The van der Waals surface area contributed by atoms with Gasteiger partial charge in [0, 0.05) is 6.07 Å². The summed E-state index contributed by atoms with van der Waals surface area (Å²) in [5.74, 6) is 0.699. The summed E-state index contributed by atoms with van der Waals surface area (Å²) in [5, 5.41) is 14.3. The molecular weight excluding hydrogens is 120 g/mol. The standard InChI is InChI=1S/C5H6N2O2/c1-4-2-5(3-6-8)7-9-4/h2-3,8H,1H3/b6-3+. The predicted molar refractivity (Wildman–Crippen MR) is 30.6 cm³/mol. The fourth-order valence-electron chi connectivity index (χ4n) is 0.506. The van der Waals surface area contributed by atoms with Crippen molar-refractivity contribution in [1.82, 2.24) is 5.16 Å². The SMILES string of the molecule is Cc1cc(/C=N/O)no1. The van der Waals surface area contributed by atoms with Gasteiger partial charge < -0.3 is 9.73 Å². The zero-order valence-corrected chi connectivity index (χ0v) is 4.90. The molecule has 0 saturated carbocycles. The largest absolute Gasteiger partial charge is 0.411 e. The Balaban J connectivity index is 2.85. The maximum absolute atomic E-state index is 8.02. The van der Waals surface area contributed by atoms with E-state index in [1.165, 1.54) is 6.21 Å². The average molecular weight is 126 g/mol. The molecule has 0 aromatic carbocycles. The molecule has 0 unspecified atom stereocenters. The second-order valence-corrected chi connectivity index (χ2v) is 1.61. The first-order chi connectivity index (χ1) is 4.33. The van der Waals surface area contributed by atoms with Gasteiger partial charge in [0.25, 0.3) is 0 Å². The smallest absolute Gasteiger partial charge is 0.134 e. The van der Waals surface area contributed by atoms with Crippen LogP contribution in [-0.4, -0.2) is 16.6 Å². The molecule has 4 heteroatoms. The third-order valence-corrected chi connectivity index (χ3v) is 0.836. The number of rotatable bonds is 1. The molecule has 0 atom stereocenters. The highest BCUT2D eigenvalue weighted by molar-refractivity contribution is 5.75. The topological polar surface area (TPSA) is 58.6 Å². The molecule has 1 rings (SSSR count). The van der Waals surface area contributed by atoms with E-state index in [4.69, 9.17) is 5.21 Å². The Morgan fingerprint density at radius 2 is 2.67 bits per heavy atom. The third kappa shape index (κ3) is 1.28. The van der Waals surface area contributed by atoms with Crippen molar-refractivity contribution in [3.8, 4) is 0 Å². The number of aryl methyl sites for hydroxylation is 1. The molecule has 0 aliphatic carbocycles. The van der Waals surface area contributed by atoms with E-state index in [-0.39, 0.29) is 0 Å². The fraction of sp³-hybridized carbons (Fsp3) is 0.200. The van der Waals surface area contributed by atoms with Gasteiger partial charge in [-0.1, -0.05) is 10.3 Å². The van der Waals surface area contributed by atoms with Crippen LogP contribution in [-0.2, 0) is 0 Å². The van der Waals surface area contributed by atoms with Crippen LogP contribution in [0.1, 0.15) is 11.5 Å². The maximum Gasteiger partial charge on any atom is 0.134 e. The molecule has 1 heterocycles. The summed E-state index contributed by atoms with van der Waals surface area (Å²) in [6.07, 6.45) is 1.20. The van der Waals surface area contributed by atoms with E-state index in [0.29, 0.717) is 11.5 Å². The normalized spacial score (nSPS) is 10.8. The number of nitrogens with zero attached hydrogens (tertiary/aromatic N) is 2. The van der Waals surface area contributed by atoms with Crippen LogP contribution >= 0.6 is 0 Å². The molecule has 0 fully saturated rings. The summed E-state index contributed by atoms with van der Waals surface area (Å²) in [6, 6.07) is 1.67. The lowest BCUT2D eigenvalue weighted by molar-refractivity contribution is 0.321. The van der Waals surface area contributed by atoms with Gasteiger partial charge in [0.15, 0.2) is 0 Å². The Morgan fingerprint density at radius 1 is 1.89 bits per heavy atom. The second kappa shape index (κ2) is 2.30. The van der Waals surface area contributed by atoms with Crippen LogP contribution in [0.15, 0.2) is 15.7 Å². The maximum atomic E-state index is 8.02. The monoisotopic (exact) mass is 126 g/mol. The van der Waals surface area contributed by atoms with Crippen molar-refractivity contribution in [2.24, 2.45) is 5.16 Å². The van der Waals surface area contributed by atoms with Crippen LogP contribution in [0.2, 0.25) is 0 Å². The van der Waals surface area contributed by atoms with Crippen molar-refractivity contribution in [1.29, 1.82) is 0 Å². The first-order valence-corrected chi connectivity index (χ1v) is 2.43. The highest BCUT2D eigenvalue weighted by Gasteiger charge is 1.93. The summed E-state index contributed by atoms with van der Waals surface area (Å²) in [4.78, 5) is 0. The summed E-state index contributed by atoms with van der Waals surface area (Å²) in [6.45, 7) is 1.77. The van der Waals surface area contributed by atoms with Gasteiger partial charge >= 0.3 is 0 Å². The van der Waals surface area contributed by atoms with Crippen LogP contribution in [0, 0.1) is 6.92 Å². The number of oxime groups is 1. The van der Waals surface area contributed by atoms with Crippen molar-refractivity contribution in [2.45, 2.75) is 6.92 Å². The van der Waals surface area contributed by atoms with Gasteiger partial charge in [-0.05, 0) is 6.92 Å². The lowest BCUT2D eigenvalue weighted by Crippen LogP contribution is -1.76. The highest BCUT2D eigenvalue weighted by atomic mass is 16.5. The Bertz CT molecular complexity index is 216. The van der Waals surface area contributed by atoms with Crippen molar-refractivity contribution >= 4 is 6.21 Å². The minimum Gasteiger partial charge on any atom is -0.411 e. The zero-order valence-electron chi connectivity index (χ0n) is 4.90. The molecule has 4 nitrogen and oxygen atoms in total. The minimum absolute atomic E-state index is 0.523. The van der Waals surface area contributed by atoms with Crippen molar-refractivity contribution in [2.75, 3.05) is 0 Å². The van der Waals surface area contributed by atoms with Crippen LogP contribution in [0.3, 0.4) is 0 Å². The van der Waals surface area contributed by atoms with Crippen molar-refractivity contribution < 1.29 is 9.73 Å². The molecule has 0 bridgehead atoms. The molecule has 9 heavy (non-hydrogen) atoms. The number of hydrogen-bond donors (Lipinski definition) is 1. The molecule has 1 aromatic heterocycles. The zero-order chi connectivity index (χ0) is 6.69. The van der Waals surface area contributed by atoms with E-state index >= 15 is 0 Å². The number of aromatic nitrogens is 1. The summed E-state index contributed by atoms with van der Waals surface area (Å²) >= 11 is 0. The Kier molecular flexibility index (Phi) is 1.48. The van der Waals surface area contributed by atoms with Gasteiger partial charge in [-0.2, -0.15) is 0 Å². The van der Waals surface area contributed by atoms with Crippen molar-refractivity contribution in [3.63, 3.8) is 0 Å². The van der Waals surface area contributed by atoms with E-state index in [1.807, 2.05) is 0 Å². The Hall–Kier alpha value is -1.32. The second-order valence-electron chi connectivity index (χ2n) is 1.61. The fourth-order valence-corrected chi connectivity index (χ4v) is 0.506. The van der Waals surface area contributed by atoms with E-state index in [1.54, 1.807) is 13.0 Å². The molecule has 48 valence electrons. The van der Waals surface area contributed by atoms with Gasteiger partial charge in [0.2, 0.25) is 0 Å². The molecule has 0 aliphatic rings. The van der Waals surface area contributed by atoms with Gasteiger partial charge in [0.05, 0.1) is 6.21 Å². The van der Waals surface area contributed by atoms with Crippen LogP contribution in [0.25, 0.3) is 0 Å². The lowest BCUT2D eigenvalue weighted by atomic mass is 10.4. The quantitative estimate of drug-likeness (QED) is 0.344. The van der Waals surface area contributed by atoms with E-state index in [0.717, 1.165) is 0 Å². The molecule has 0 saturated heterocycles. The van der Waals surface area contributed by atoms with Crippen LogP contribution in [0.5, 0.6) is 0 Å². The molecule has 0 aliphatic heterocycles. The first-order valence-electron chi connectivity index (χ1n) is 2.43. The molecule has 0 radical (unpaired) electrons. The highest BCUT2D eigenvalue weighted by Crippen LogP contribution is 1.97. The van der Waals surface area contributed by atoms with Crippen LogP contribution < -0.4 is 0 Å². The summed E-state index contributed by atoms with van der Waals surface area (Å²) in [7, 11) is 0. The minimum atomic E-state index is 0.523. The van der Waals surface area contributed by atoms with E-state index in [2.05, 4.69) is 14.8 Å². The molecule has 1 aromatic rings. The van der Waals surface area contributed by atoms with Gasteiger partial charge in [-0.25, -0.2) is 0 Å². The predicted octanol–water partition coefficient (Wildman–Crippen LogP) is 0.791. The number of hydrogen-bond acceptors (Lipinski definition) is 4. The molecule has 1 N–H and O–H groups in total. The summed E-state index contributed by atoms with van der Waals surface area (Å²) in [5.41, 5.74) is 0.523. The molecule has 0 spiro atoms. The lowest BCUT2D eigenvalue weighted by Gasteiger charge is -1.70. The van der Waals surface area contributed by atoms with E-state index in [9.17, 15) is 0 Å². The van der Waals surface area contributed by atoms with Crippen LogP contribution in [0.4, 0.5) is 0 Å². The summed E-state index contributed by atoms with van der Waals surface area (Å²) < 4.78 is 4.66. The van der Waals surface area contributed by atoms with Crippen molar-refractivity contribution in [3.05, 3.63) is 17.5 Å². The first kappa shape index (κ1) is 5.81. The molecular formula is C5H6N2O2. The Labute approximate surface area is 51.8 Å². The van der Waals surface area contributed by atoms with Gasteiger partial charge in [-0.3, -0.25) is 0 Å². The third-order valence-electron chi connectivity index (χ3n) is 0.836. The van der Waals surface area contributed by atoms with Gasteiger partial charge in [0.1, 0.15) is 11.5 Å². The molecule has 0 amide bonds. The van der Waals surface area contributed by atoms with E-state index < -0.39 is 0 Å². The van der Waals surface area contributed by atoms with Gasteiger partial charge in [-0.15, -0.1) is 0 Å².